The lowest BCUT2D eigenvalue weighted by Crippen LogP contribution is -2.40. The van der Waals surface area contributed by atoms with Crippen LogP contribution in [0.3, 0.4) is 0 Å². The molecule has 1 fully saturated rings. The largest absolute Gasteiger partial charge is 0.352 e. The molecule has 0 aliphatic carbocycles. The maximum absolute atomic E-state index is 12.7. The Labute approximate surface area is 202 Å². The van der Waals surface area contributed by atoms with E-state index < -0.39 is 0 Å². The molecule has 1 amide bonds. The summed E-state index contributed by atoms with van der Waals surface area (Å²) in [5.41, 5.74) is 2.98. The van der Waals surface area contributed by atoms with E-state index in [9.17, 15) is 4.79 Å². The summed E-state index contributed by atoms with van der Waals surface area (Å²) in [6.07, 6.45) is 7.04. The highest BCUT2D eigenvalue weighted by molar-refractivity contribution is 6.30. The Hall–Kier alpha value is -3.49. The van der Waals surface area contributed by atoms with Gasteiger partial charge in [0.25, 0.3) is 0 Å². The van der Waals surface area contributed by atoms with Crippen molar-refractivity contribution >= 4 is 17.5 Å². The molecule has 174 valence electrons. The Bertz CT molecular complexity index is 1210. The van der Waals surface area contributed by atoms with Crippen molar-refractivity contribution < 1.29 is 9.32 Å². The summed E-state index contributed by atoms with van der Waals surface area (Å²) in [4.78, 5) is 23.5. The van der Waals surface area contributed by atoms with E-state index >= 15 is 0 Å². The average molecular weight is 477 g/mol. The number of aromatic nitrogens is 4. The van der Waals surface area contributed by atoms with Gasteiger partial charge in [-0.2, -0.15) is 4.98 Å². The molecule has 0 unspecified atom stereocenters. The highest BCUT2D eigenvalue weighted by Crippen LogP contribution is 2.22. The van der Waals surface area contributed by atoms with Crippen molar-refractivity contribution in [1.29, 1.82) is 0 Å². The van der Waals surface area contributed by atoms with Crippen molar-refractivity contribution in [3.05, 3.63) is 83.7 Å². The van der Waals surface area contributed by atoms with Crippen molar-refractivity contribution in [2.45, 2.75) is 25.9 Å². The third-order valence-electron chi connectivity index (χ3n) is 6.09. The van der Waals surface area contributed by atoms with Crippen LogP contribution in [0.15, 0.2) is 71.8 Å². The Morgan fingerprint density at radius 2 is 1.85 bits per heavy atom. The zero-order valence-electron chi connectivity index (χ0n) is 18.6. The Balaban J connectivity index is 1.07. The van der Waals surface area contributed by atoms with Gasteiger partial charge < -0.3 is 14.4 Å². The number of nitrogens with zero attached hydrogens (tertiary/aromatic N) is 5. The molecule has 4 aromatic rings. The number of likely N-dealkylation sites (tertiary alicyclic amines) is 1. The fourth-order valence-corrected chi connectivity index (χ4v) is 4.24. The van der Waals surface area contributed by atoms with Gasteiger partial charge in [-0.15, -0.1) is 0 Å². The van der Waals surface area contributed by atoms with Crippen LogP contribution in [0.4, 0.5) is 0 Å². The highest BCUT2D eigenvalue weighted by atomic mass is 35.5. The van der Waals surface area contributed by atoms with Crippen molar-refractivity contribution in [1.82, 2.24) is 29.9 Å². The fourth-order valence-electron chi connectivity index (χ4n) is 4.11. The van der Waals surface area contributed by atoms with Crippen LogP contribution < -0.4 is 5.32 Å². The minimum Gasteiger partial charge on any atom is -0.352 e. The van der Waals surface area contributed by atoms with Crippen LogP contribution in [-0.2, 0) is 17.9 Å². The van der Waals surface area contributed by atoms with Crippen molar-refractivity contribution in [3.8, 4) is 17.1 Å². The first-order valence-corrected chi connectivity index (χ1v) is 11.7. The standard InChI is InChI=1S/C25H25ClN6O2/c26-21-5-3-19(4-6-21)24-29-23(34-30-24)16-31-12-9-20(10-13-31)25(33)28-15-18-1-7-22(8-2-18)32-14-11-27-17-32/h1-8,11,14,17,20H,9-10,12-13,15-16H2,(H,28,33). The van der Waals surface area contributed by atoms with E-state index in [2.05, 4.69) is 25.3 Å². The van der Waals surface area contributed by atoms with E-state index in [0.29, 0.717) is 29.8 Å². The molecule has 1 saturated heterocycles. The van der Waals surface area contributed by atoms with Crippen molar-refractivity contribution in [2.24, 2.45) is 5.92 Å². The molecule has 1 N–H and O–H groups in total. The number of benzene rings is 2. The lowest BCUT2D eigenvalue weighted by molar-refractivity contribution is -0.126. The molecular weight excluding hydrogens is 452 g/mol. The maximum atomic E-state index is 12.7. The van der Waals surface area contributed by atoms with E-state index in [1.165, 1.54) is 0 Å². The summed E-state index contributed by atoms with van der Waals surface area (Å²) in [6.45, 7) is 2.74. The van der Waals surface area contributed by atoms with E-state index in [1.807, 2.05) is 47.2 Å². The summed E-state index contributed by atoms with van der Waals surface area (Å²) in [6, 6.07) is 15.5. The number of hydrogen-bond acceptors (Lipinski definition) is 6. The topological polar surface area (TPSA) is 89.1 Å². The van der Waals surface area contributed by atoms with Crippen molar-refractivity contribution in [3.63, 3.8) is 0 Å². The quantitative estimate of drug-likeness (QED) is 0.432. The van der Waals surface area contributed by atoms with Gasteiger partial charge in [-0.25, -0.2) is 4.98 Å². The molecule has 0 spiro atoms. The van der Waals surface area contributed by atoms with Crippen LogP contribution >= 0.6 is 11.6 Å². The van der Waals surface area contributed by atoms with Crippen LogP contribution in [0.1, 0.15) is 24.3 Å². The molecule has 3 heterocycles. The van der Waals surface area contributed by atoms with Gasteiger partial charge in [0.1, 0.15) is 0 Å². The van der Waals surface area contributed by atoms with Crippen LogP contribution in [-0.4, -0.2) is 43.6 Å². The van der Waals surface area contributed by atoms with Gasteiger partial charge in [0.05, 0.1) is 12.9 Å². The van der Waals surface area contributed by atoms with Gasteiger partial charge in [-0.05, 0) is 67.9 Å². The van der Waals surface area contributed by atoms with E-state index in [4.69, 9.17) is 16.1 Å². The van der Waals surface area contributed by atoms with Gasteiger partial charge in [-0.3, -0.25) is 9.69 Å². The molecule has 8 nitrogen and oxygen atoms in total. The molecular formula is C25H25ClN6O2. The van der Waals surface area contributed by atoms with Gasteiger partial charge in [-0.1, -0.05) is 28.9 Å². The summed E-state index contributed by atoms with van der Waals surface area (Å²) in [7, 11) is 0. The number of hydrogen-bond donors (Lipinski definition) is 1. The zero-order valence-corrected chi connectivity index (χ0v) is 19.4. The minimum absolute atomic E-state index is 0.0220. The Morgan fingerprint density at radius 1 is 1.09 bits per heavy atom. The predicted octanol–water partition coefficient (Wildman–Crippen LogP) is 4.10. The molecule has 0 bridgehead atoms. The molecule has 2 aromatic heterocycles. The highest BCUT2D eigenvalue weighted by Gasteiger charge is 2.26. The number of rotatable bonds is 7. The summed E-state index contributed by atoms with van der Waals surface area (Å²) >= 11 is 5.94. The monoisotopic (exact) mass is 476 g/mol. The first-order chi connectivity index (χ1) is 16.6. The Kier molecular flexibility index (Phi) is 6.69. The lowest BCUT2D eigenvalue weighted by atomic mass is 9.96. The van der Waals surface area contributed by atoms with Gasteiger partial charge in [0.2, 0.25) is 17.6 Å². The van der Waals surface area contributed by atoms with E-state index in [-0.39, 0.29) is 11.8 Å². The second kappa shape index (κ2) is 10.2. The molecule has 2 aromatic carbocycles. The summed E-state index contributed by atoms with van der Waals surface area (Å²) in [5, 5.41) is 7.83. The second-order valence-corrected chi connectivity index (χ2v) is 8.86. The third kappa shape index (κ3) is 5.35. The maximum Gasteiger partial charge on any atom is 0.241 e. The number of piperidine rings is 1. The smallest absolute Gasteiger partial charge is 0.241 e. The summed E-state index contributed by atoms with van der Waals surface area (Å²) in [5.74, 6) is 1.26. The number of amides is 1. The van der Waals surface area contributed by atoms with Crippen molar-refractivity contribution in [2.75, 3.05) is 13.1 Å². The molecule has 0 radical (unpaired) electrons. The SMILES string of the molecule is O=C(NCc1ccc(-n2ccnc2)cc1)C1CCN(Cc2nc(-c3ccc(Cl)cc3)no2)CC1. The number of nitrogens with one attached hydrogen (secondary N) is 1. The molecule has 9 heteroatoms. The first-order valence-electron chi connectivity index (χ1n) is 11.3. The number of imidazole rings is 1. The van der Waals surface area contributed by atoms with Gasteiger partial charge in [0, 0.05) is 41.1 Å². The summed E-state index contributed by atoms with van der Waals surface area (Å²) < 4.78 is 7.37. The van der Waals surface area contributed by atoms with Gasteiger partial charge >= 0.3 is 0 Å². The molecule has 1 aliphatic rings. The molecule has 0 atom stereocenters. The predicted molar refractivity (Wildman–Crippen MR) is 128 cm³/mol. The van der Waals surface area contributed by atoms with E-state index in [0.717, 1.165) is 42.7 Å². The third-order valence-corrected chi connectivity index (χ3v) is 6.35. The molecule has 5 rings (SSSR count). The molecule has 1 aliphatic heterocycles. The number of carbonyl (C=O) groups excluding carboxylic acids is 1. The Morgan fingerprint density at radius 3 is 2.56 bits per heavy atom. The average Bonchev–Trinajstić information content (AvgIpc) is 3.57. The lowest BCUT2D eigenvalue weighted by Gasteiger charge is -2.30. The van der Waals surface area contributed by atoms with Gasteiger partial charge in [0.15, 0.2) is 0 Å². The molecule has 34 heavy (non-hydrogen) atoms. The molecule has 0 saturated carbocycles. The number of carbonyl (C=O) groups is 1. The van der Waals surface area contributed by atoms with Crippen LogP contribution in [0.2, 0.25) is 5.02 Å². The first kappa shape index (κ1) is 22.3. The normalized spacial score (nSPS) is 14.9. The van der Waals surface area contributed by atoms with Crippen LogP contribution in [0.25, 0.3) is 17.1 Å². The van der Waals surface area contributed by atoms with Crippen LogP contribution in [0.5, 0.6) is 0 Å². The second-order valence-electron chi connectivity index (χ2n) is 8.42. The number of halogens is 1. The van der Waals surface area contributed by atoms with Crippen LogP contribution in [0, 0.1) is 5.92 Å². The minimum atomic E-state index is 0.0220. The zero-order chi connectivity index (χ0) is 23.3. The van der Waals surface area contributed by atoms with E-state index in [1.54, 1.807) is 24.7 Å². The fraction of sp³-hybridized carbons (Fsp3) is 0.280.